The SMILES string of the molecule is Cc1nc2n(c(=O)c1CCN1CCC(c3noc4cc(F)ccc34)CC1)CCCC2C(OC(=O)O)C(C)C. The molecule has 1 saturated heterocycles. The Hall–Kier alpha value is -3.27. The molecule has 4 heterocycles. The van der Waals surface area contributed by atoms with E-state index in [4.69, 9.17) is 14.2 Å². The number of benzene rings is 1. The topological polar surface area (TPSA) is 111 Å². The number of halogens is 1. The summed E-state index contributed by atoms with van der Waals surface area (Å²) in [4.78, 5) is 32.0. The van der Waals surface area contributed by atoms with Crippen LogP contribution in [0.4, 0.5) is 9.18 Å². The van der Waals surface area contributed by atoms with Crippen molar-refractivity contribution in [3.8, 4) is 0 Å². The van der Waals surface area contributed by atoms with Crippen LogP contribution in [-0.2, 0) is 17.7 Å². The number of carboxylic acid groups (broad SMARTS) is 1. The van der Waals surface area contributed by atoms with Gasteiger partial charge in [0, 0.05) is 41.7 Å². The van der Waals surface area contributed by atoms with E-state index in [0.717, 1.165) is 62.0 Å². The first-order valence-electron chi connectivity index (χ1n) is 13.5. The number of likely N-dealkylation sites (tertiary alicyclic amines) is 1. The second-order valence-corrected chi connectivity index (χ2v) is 10.9. The summed E-state index contributed by atoms with van der Waals surface area (Å²) in [5.74, 6) is 0.307. The molecule has 2 aliphatic heterocycles. The predicted molar refractivity (Wildman–Crippen MR) is 139 cm³/mol. The highest BCUT2D eigenvalue weighted by Crippen LogP contribution is 2.34. The van der Waals surface area contributed by atoms with Crippen LogP contribution >= 0.6 is 0 Å². The summed E-state index contributed by atoms with van der Waals surface area (Å²) in [6.45, 7) is 8.84. The maximum Gasteiger partial charge on any atom is 0.506 e. The lowest BCUT2D eigenvalue weighted by Gasteiger charge is -2.34. The Labute approximate surface area is 220 Å². The van der Waals surface area contributed by atoms with Crippen molar-refractivity contribution >= 4 is 17.1 Å². The smallest absolute Gasteiger partial charge is 0.450 e. The minimum absolute atomic E-state index is 0.0220. The standard InChI is InChI=1S/C28H35FN4O5/c1-16(2)25(37-28(35)36)22-5-4-11-33-26(22)30-17(3)20(27(33)34)10-14-32-12-8-18(9-13-32)24-21-7-6-19(29)15-23(21)38-31-24/h6-7,15-16,18,22,25H,4-5,8-14H2,1-3H3,(H,35,36). The fourth-order valence-corrected chi connectivity index (χ4v) is 6.14. The van der Waals surface area contributed by atoms with Gasteiger partial charge in [-0.05, 0) is 70.2 Å². The zero-order valence-electron chi connectivity index (χ0n) is 22.2. The number of nitrogens with zero attached hydrogens (tertiary/aromatic N) is 4. The van der Waals surface area contributed by atoms with E-state index in [-0.39, 0.29) is 29.1 Å². The van der Waals surface area contributed by atoms with Crippen molar-refractivity contribution in [3.05, 3.63) is 57.1 Å². The molecule has 9 nitrogen and oxygen atoms in total. The van der Waals surface area contributed by atoms with Crippen LogP contribution in [0.3, 0.4) is 0 Å². The first-order valence-corrected chi connectivity index (χ1v) is 13.5. The Bertz CT molecular complexity index is 1380. The number of ether oxygens (including phenoxy) is 1. The van der Waals surface area contributed by atoms with Gasteiger partial charge in [-0.1, -0.05) is 19.0 Å². The van der Waals surface area contributed by atoms with Gasteiger partial charge in [-0.3, -0.25) is 9.36 Å². The molecule has 2 atom stereocenters. The molecule has 3 aromatic rings. The lowest BCUT2D eigenvalue weighted by Crippen LogP contribution is -2.41. The molecule has 204 valence electrons. The molecule has 0 amide bonds. The molecule has 1 fully saturated rings. The molecule has 0 saturated carbocycles. The highest BCUT2D eigenvalue weighted by atomic mass is 19.1. The minimum atomic E-state index is -1.30. The maximum absolute atomic E-state index is 13.5. The third kappa shape index (κ3) is 5.18. The number of hydrogen-bond donors (Lipinski definition) is 1. The molecule has 2 aromatic heterocycles. The van der Waals surface area contributed by atoms with E-state index in [1.54, 1.807) is 10.6 Å². The maximum atomic E-state index is 13.5. The van der Waals surface area contributed by atoms with Gasteiger partial charge in [-0.25, -0.2) is 14.2 Å². The lowest BCUT2D eigenvalue weighted by atomic mass is 9.86. The summed E-state index contributed by atoms with van der Waals surface area (Å²) in [6.07, 6.45) is 2.13. The average molecular weight is 527 g/mol. The molecule has 1 N–H and O–H groups in total. The number of hydrogen-bond acceptors (Lipinski definition) is 7. The number of fused-ring (bicyclic) bond motifs is 2. The molecule has 0 aliphatic carbocycles. The third-order valence-electron chi connectivity index (χ3n) is 8.13. The normalized spacial score (nSPS) is 19.6. The van der Waals surface area contributed by atoms with Crippen molar-refractivity contribution in [2.45, 2.75) is 77.4 Å². The van der Waals surface area contributed by atoms with E-state index in [1.165, 1.54) is 12.1 Å². The van der Waals surface area contributed by atoms with E-state index in [1.807, 2.05) is 20.8 Å². The molecule has 2 unspecified atom stereocenters. The molecule has 1 aromatic carbocycles. The third-order valence-corrected chi connectivity index (χ3v) is 8.13. The molecule has 2 aliphatic rings. The van der Waals surface area contributed by atoms with Crippen LogP contribution in [0.2, 0.25) is 0 Å². The number of aromatic nitrogens is 3. The minimum Gasteiger partial charge on any atom is -0.450 e. The zero-order valence-corrected chi connectivity index (χ0v) is 22.2. The van der Waals surface area contributed by atoms with Gasteiger partial charge in [0.05, 0.1) is 11.6 Å². The van der Waals surface area contributed by atoms with Gasteiger partial charge < -0.3 is 19.3 Å². The van der Waals surface area contributed by atoms with Crippen molar-refractivity contribution in [1.82, 2.24) is 19.6 Å². The van der Waals surface area contributed by atoms with Crippen LogP contribution in [0.5, 0.6) is 0 Å². The summed E-state index contributed by atoms with van der Waals surface area (Å²) in [7, 11) is 0. The Kier molecular flexibility index (Phi) is 7.52. The summed E-state index contributed by atoms with van der Waals surface area (Å²) < 4.78 is 25.8. The van der Waals surface area contributed by atoms with Crippen LogP contribution in [0.25, 0.3) is 11.0 Å². The number of aryl methyl sites for hydroxylation is 1. The van der Waals surface area contributed by atoms with Crippen molar-refractivity contribution in [3.63, 3.8) is 0 Å². The largest absolute Gasteiger partial charge is 0.506 e. The van der Waals surface area contributed by atoms with Crippen LogP contribution in [0.1, 0.15) is 74.1 Å². The van der Waals surface area contributed by atoms with Crippen molar-refractivity contribution < 1.29 is 23.6 Å². The quantitative estimate of drug-likeness (QED) is 0.435. The van der Waals surface area contributed by atoms with Gasteiger partial charge in [-0.2, -0.15) is 0 Å². The van der Waals surface area contributed by atoms with E-state index < -0.39 is 12.3 Å². The molecule has 0 spiro atoms. The van der Waals surface area contributed by atoms with Gasteiger partial charge in [0.15, 0.2) is 5.58 Å². The molecule has 0 bridgehead atoms. The Morgan fingerprint density at radius 2 is 2.00 bits per heavy atom. The summed E-state index contributed by atoms with van der Waals surface area (Å²) >= 11 is 0. The van der Waals surface area contributed by atoms with E-state index in [9.17, 15) is 19.1 Å². The van der Waals surface area contributed by atoms with E-state index in [0.29, 0.717) is 30.1 Å². The number of carbonyl (C=O) groups is 1. The molecule has 0 radical (unpaired) electrons. The number of rotatable bonds is 7. The van der Waals surface area contributed by atoms with Gasteiger partial charge in [0.2, 0.25) is 0 Å². The molecule has 5 rings (SSSR count). The average Bonchev–Trinajstić information content (AvgIpc) is 3.30. The van der Waals surface area contributed by atoms with Crippen LogP contribution in [0, 0.1) is 18.7 Å². The first kappa shape index (κ1) is 26.3. The van der Waals surface area contributed by atoms with Gasteiger partial charge in [-0.15, -0.1) is 0 Å². The molecular weight excluding hydrogens is 491 g/mol. The Morgan fingerprint density at radius 3 is 2.71 bits per heavy atom. The highest BCUT2D eigenvalue weighted by Gasteiger charge is 2.35. The molecule has 10 heteroatoms. The summed E-state index contributed by atoms with van der Waals surface area (Å²) in [5, 5.41) is 14.4. The van der Waals surface area contributed by atoms with Gasteiger partial charge >= 0.3 is 6.16 Å². The predicted octanol–water partition coefficient (Wildman–Crippen LogP) is 4.85. The highest BCUT2D eigenvalue weighted by molar-refractivity contribution is 5.79. The summed E-state index contributed by atoms with van der Waals surface area (Å²) in [5.41, 5.74) is 2.79. The van der Waals surface area contributed by atoms with Crippen molar-refractivity contribution in [2.24, 2.45) is 5.92 Å². The zero-order chi connectivity index (χ0) is 27.0. The molecular formula is C28H35FN4O5. The number of piperidine rings is 1. The monoisotopic (exact) mass is 526 g/mol. The first-order chi connectivity index (χ1) is 18.2. The fourth-order valence-electron chi connectivity index (χ4n) is 6.14. The van der Waals surface area contributed by atoms with Crippen LogP contribution in [-0.4, -0.2) is 56.6 Å². The van der Waals surface area contributed by atoms with Crippen LogP contribution in [0.15, 0.2) is 27.5 Å². The second-order valence-electron chi connectivity index (χ2n) is 10.9. The van der Waals surface area contributed by atoms with E-state index >= 15 is 0 Å². The fraction of sp³-hybridized carbons (Fsp3) is 0.571. The van der Waals surface area contributed by atoms with Gasteiger partial charge in [0.1, 0.15) is 17.7 Å². The van der Waals surface area contributed by atoms with Crippen molar-refractivity contribution in [2.75, 3.05) is 19.6 Å². The van der Waals surface area contributed by atoms with Crippen molar-refractivity contribution in [1.29, 1.82) is 0 Å². The van der Waals surface area contributed by atoms with Crippen LogP contribution < -0.4 is 5.56 Å². The lowest BCUT2D eigenvalue weighted by molar-refractivity contribution is 0.0114. The summed E-state index contributed by atoms with van der Waals surface area (Å²) in [6, 6.07) is 4.55. The van der Waals surface area contributed by atoms with E-state index in [2.05, 4.69) is 10.1 Å². The molecule has 38 heavy (non-hydrogen) atoms. The Balaban J connectivity index is 1.26. The Morgan fingerprint density at radius 1 is 1.24 bits per heavy atom. The second kappa shape index (κ2) is 10.8. The van der Waals surface area contributed by atoms with Gasteiger partial charge in [0.25, 0.3) is 5.56 Å².